The van der Waals surface area contributed by atoms with Crippen LogP contribution in [0.2, 0.25) is 0 Å². The fourth-order valence-electron chi connectivity index (χ4n) is 1.77. The van der Waals surface area contributed by atoms with Crippen molar-refractivity contribution in [1.82, 2.24) is 10.2 Å². The lowest BCUT2D eigenvalue weighted by Crippen LogP contribution is -2.63. The van der Waals surface area contributed by atoms with Crippen molar-refractivity contribution in [1.29, 1.82) is 0 Å². The van der Waals surface area contributed by atoms with E-state index in [1.165, 1.54) is 6.92 Å². The standard InChI is InChI=1S/C10H16F2N2O2/c1-3-4-7-10(16)14(5-8(11)12)6(2)9(15)13-7/h6-8H,3-5H2,1-2H3,(H,13,15). The van der Waals surface area contributed by atoms with Gasteiger partial charge in [-0.05, 0) is 13.3 Å². The van der Waals surface area contributed by atoms with E-state index in [0.29, 0.717) is 12.8 Å². The van der Waals surface area contributed by atoms with Gasteiger partial charge in [0.05, 0.1) is 6.54 Å². The molecule has 1 rings (SSSR count). The van der Waals surface area contributed by atoms with Crippen LogP contribution in [-0.4, -0.2) is 41.8 Å². The molecule has 16 heavy (non-hydrogen) atoms. The quantitative estimate of drug-likeness (QED) is 0.781. The lowest BCUT2D eigenvalue weighted by molar-refractivity contribution is -0.150. The maximum Gasteiger partial charge on any atom is 0.255 e. The predicted molar refractivity (Wildman–Crippen MR) is 54.0 cm³/mol. The van der Waals surface area contributed by atoms with Gasteiger partial charge in [0, 0.05) is 0 Å². The van der Waals surface area contributed by atoms with Gasteiger partial charge >= 0.3 is 0 Å². The van der Waals surface area contributed by atoms with E-state index in [-0.39, 0.29) is 5.91 Å². The van der Waals surface area contributed by atoms with Crippen molar-refractivity contribution < 1.29 is 18.4 Å². The number of hydrogen-bond donors (Lipinski definition) is 1. The zero-order valence-electron chi connectivity index (χ0n) is 9.37. The summed E-state index contributed by atoms with van der Waals surface area (Å²) in [7, 11) is 0. The fourth-order valence-corrected chi connectivity index (χ4v) is 1.77. The van der Waals surface area contributed by atoms with E-state index in [9.17, 15) is 18.4 Å². The number of alkyl halides is 2. The minimum Gasteiger partial charge on any atom is -0.343 e. The van der Waals surface area contributed by atoms with E-state index in [2.05, 4.69) is 5.32 Å². The van der Waals surface area contributed by atoms with Gasteiger partial charge in [-0.1, -0.05) is 13.3 Å². The SMILES string of the molecule is CCCC1NC(=O)C(C)N(CC(F)F)C1=O. The first-order valence-electron chi connectivity index (χ1n) is 5.36. The Morgan fingerprint density at radius 3 is 2.56 bits per heavy atom. The lowest BCUT2D eigenvalue weighted by atomic mass is 10.0. The van der Waals surface area contributed by atoms with Crippen LogP contribution in [0.25, 0.3) is 0 Å². The molecule has 0 saturated carbocycles. The van der Waals surface area contributed by atoms with E-state index >= 15 is 0 Å². The van der Waals surface area contributed by atoms with Crippen molar-refractivity contribution in [3.8, 4) is 0 Å². The monoisotopic (exact) mass is 234 g/mol. The van der Waals surface area contributed by atoms with Gasteiger partial charge in [-0.2, -0.15) is 0 Å². The molecule has 2 unspecified atom stereocenters. The Balaban J connectivity index is 2.77. The van der Waals surface area contributed by atoms with Crippen molar-refractivity contribution in [3.63, 3.8) is 0 Å². The number of halogens is 2. The van der Waals surface area contributed by atoms with E-state index in [4.69, 9.17) is 0 Å². The third-order valence-electron chi connectivity index (χ3n) is 2.66. The summed E-state index contributed by atoms with van der Waals surface area (Å²) in [6.07, 6.45) is -1.41. The first-order chi connectivity index (χ1) is 7.47. The van der Waals surface area contributed by atoms with Crippen molar-refractivity contribution >= 4 is 11.8 Å². The van der Waals surface area contributed by atoms with Gasteiger partial charge in [-0.25, -0.2) is 8.78 Å². The molecule has 1 saturated heterocycles. The van der Waals surface area contributed by atoms with E-state index in [1.807, 2.05) is 6.92 Å². The molecule has 1 aliphatic heterocycles. The van der Waals surface area contributed by atoms with Crippen LogP contribution < -0.4 is 5.32 Å². The lowest BCUT2D eigenvalue weighted by Gasteiger charge is -2.37. The maximum atomic E-state index is 12.3. The van der Waals surface area contributed by atoms with Gasteiger partial charge in [0.25, 0.3) is 6.43 Å². The number of hydrogen-bond acceptors (Lipinski definition) is 2. The second-order valence-corrected chi connectivity index (χ2v) is 3.91. The molecule has 1 fully saturated rings. The number of carbonyl (C=O) groups is 2. The van der Waals surface area contributed by atoms with Gasteiger partial charge in [-0.15, -0.1) is 0 Å². The molecule has 2 amide bonds. The van der Waals surface area contributed by atoms with Gasteiger partial charge in [0.15, 0.2) is 0 Å². The first-order valence-corrected chi connectivity index (χ1v) is 5.36. The molecule has 0 aliphatic carbocycles. The summed E-state index contributed by atoms with van der Waals surface area (Å²) in [5.41, 5.74) is 0. The van der Waals surface area contributed by atoms with Crippen LogP contribution >= 0.6 is 0 Å². The number of carbonyl (C=O) groups excluding carboxylic acids is 2. The van der Waals surface area contributed by atoms with Crippen LogP contribution in [0.5, 0.6) is 0 Å². The molecule has 1 N–H and O–H groups in total. The third-order valence-corrected chi connectivity index (χ3v) is 2.66. The minimum absolute atomic E-state index is 0.362. The Hall–Kier alpha value is -1.20. The molecule has 0 aromatic heterocycles. The molecule has 6 heteroatoms. The van der Waals surface area contributed by atoms with Gasteiger partial charge in [0.2, 0.25) is 11.8 Å². The van der Waals surface area contributed by atoms with Crippen LogP contribution in [0.3, 0.4) is 0 Å². The van der Waals surface area contributed by atoms with Crippen molar-refractivity contribution in [3.05, 3.63) is 0 Å². The fraction of sp³-hybridized carbons (Fsp3) is 0.800. The van der Waals surface area contributed by atoms with E-state index in [1.54, 1.807) is 0 Å². The van der Waals surface area contributed by atoms with Crippen molar-refractivity contribution in [2.45, 2.75) is 45.2 Å². The molecule has 0 radical (unpaired) electrons. The summed E-state index contributed by atoms with van der Waals surface area (Å²) in [5, 5.41) is 2.55. The molecule has 0 aromatic carbocycles. The molecular weight excluding hydrogens is 218 g/mol. The Morgan fingerprint density at radius 2 is 2.06 bits per heavy atom. The number of amides is 2. The Morgan fingerprint density at radius 1 is 1.44 bits per heavy atom. The summed E-state index contributed by atoms with van der Waals surface area (Å²) >= 11 is 0. The highest BCUT2D eigenvalue weighted by Gasteiger charge is 2.38. The van der Waals surface area contributed by atoms with E-state index in [0.717, 1.165) is 4.90 Å². The smallest absolute Gasteiger partial charge is 0.255 e. The molecule has 2 atom stereocenters. The second kappa shape index (κ2) is 5.23. The zero-order chi connectivity index (χ0) is 12.3. The molecule has 0 spiro atoms. The third kappa shape index (κ3) is 2.68. The molecular formula is C10H16F2N2O2. The van der Waals surface area contributed by atoms with Gasteiger partial charge in [-0.3, -0.25) is 9.59 Å². The number of rotatable bonds is 4. The summed E-state index contributed by atoms with van der Waals surface area (Å²) in [5.74, 6) is -0.770. The van der Waals surface area contributed by atoms with Crippen LogP contribution in [0.15, 0.2) is 0 Å². The molecule has 92 valence electrons. The topological polar surface area (TPSA) is 49.4 Å². The molecule has 4 nitrogen and oxygen atoms in total. The summed E-state index contributed by atoms with van der Waals surface area (Å²) in [6.45, 7) is 2.65. The average molecular weight is 234 g/mol. The Labute approximate surface area is 93.0 Å². The van der Waals surface area contributed by atoms with Crippen molar-refractivity contribution in [2.24, 2.45) is 0 Å². The summed E-state index contributed by atoms with van der Waals surface area (Å²) < 4.78 is 24.6. The van der Waals surface area contributed by atoms with Gasteiger partial charge in [0.1, 0.15) is 12.1 Å². The second-order valence-electron chi connectivity index (χ2n) is 3.91. The highest BCUT2D eigenvalue weighted by atomic mass is 19.3. The van der Waals surface area contributed by atoms with Crippen molar-refractivity contribution in [2.75, 3.05) is 6.54 Å². The number of nitrogens with zero attached hydrogens (tertiary/aromatic N) is 1. The van der Waals surface area contributed by atoms with Crippen LogP contribution in [-0.2, 0) is 9.59 Å². The van der Waals surface area contributed by atoms with E-state index < -0.39 is 31.0 Å². The predicted octanol–water partition coefficient (Wildman–Crippen LogP) is 0.767. The molecule has 1 aliphatic rings. The number of piperazine rings is 1. The summed E-state index contributed by atoms with van der Waals surface area (Å²) in [4.78, 5) is 24.2. The Kier molecular flexibility index (Phi) is 4.20. The van der Waals surface area contributed by atoms with Gasteiger partial charge < -0.3 is 10.2 Å². The number of nitrogens with one attached hydrogen (secondary N) is 1. The minimum atomic E-state index is -2.61. The van der Waals surface area contributed by atoms with Crippen LogP contribution in [0.1, 0.15) is 26.7 Å². The molecule has 0 bridgehead atoms. The normalized spacial score (nSPS) is 26.2. The highest BCUT2D eigenvalue weighted by molar-refractivity contribution is 5.96. The maximum absolute atomic E-state index is 12.3. The van der Waals surface area contributed by atoms with Crippen LogP contribution in [0.4, 0.5) is 8.78 Å². The molecule has 1 heterocycles. The Bertz CT molecular complexity index is 284. The average Bonchev–Trinajstić information content (AvgIpc) is 2.21. The first kappa shape index (κ1) is 12.9. The van der Waals surface area contributed by atoms with Crippen LogP contribution in [0, 0.1) is 0 Å². The molecule has 0 aromatic rings. The highest BCUT2D eigenvalue weighted by Crippen LogP contribution is 2.14. The zero-order valence-corrected chi connectivity index (χ0v) is 9.37. The largest absolute Gasteiger partial charge is 0.343 e. The summed E-state index contributed by atoms with van der Waals surface area (Å²) in [6, 6.07) is -1.46.